The lowest BCUT2D eigenvalue weighted by Gasteiger charge is -2.21. The van der Waals surface area contributed by atoms with Gasteiger partial charge in [-0.2, -0.15) is 0 Å². The van der Waals surface area contributed by atoms with E-state index in [1.165, 1.54) is 44.5 Å². The molecule has 1 amide bonds. The summed E-state index contributed by atoms with van der Waals surface area (Å²) in [7, 11) is -2.07. The van der Waals surface area contributed by atoms with Gasteiger partial charge < -0.3 is 10.1 Å². The fraction of sp³-hybridized carbons (Fsp3) is 0.526. The second-order valence-electron chi connectivity index (χ2n) is 6.39. The van der Waals surface area contributed by atoms with Crippen LogP contribution in [-0.4, -0.2) is 40.6 Å². The van der Waals surface area contributed by atoms with Crippen LogP contribution in [0.3, 0.4) is 0 Å². The third-order valence-electron chi connectivity index (χ3n) is 4.41. The summed E-state index contributed by atoms with van der Waals surface area (Å²) >= 11 is 0. The molecule has 2 rings (SSSR count). The van der Waals surface area contributed by atoms with Gasteiger partial charge in [-0.25, -0.2) is 13.1 Å². The molecule has 26 heavy (non-hydrogen) atoms. The molecular weight excluding hydrogens is 352 g/mol. The Bertz CT molecular complexity index is 693. The SMILES string of the molecule is CNS(=O)(=O)c1ccc(/C=C/C(=O)NCCCOC2CCCCC2)cc1. The largest absolute Gasteiger partial charge is 0.378 e. The van der Waals surface area contributed by atoms with Crippen molar-refractivity contribution >= 4 is 22.0 Å². The highest BCUT2D eigenvalue weighted by molar-refractivity contribution is 7.89. The maximum atomic E-state index is 11.8. The first kappa shape index (κ1) is 20.6. The highest BCUT2D eigenvalue weighted by Gasteiger charge is 2.13. The zero-order valence-electron chi connectivity index (χ0n) is 15.2. The summed E-state index contributed by atoms with van der Waals surface area (Å²) in [6.07, 6.45) is 10.4. The van der Waals surface area contributed by atoms with Crippen molar-refractivity contribution in [3.05, 3.63) is 35.9 Å². The second-order valence-corrected chi connectivity index (χ2v) is 8.27. The van der Waals surface area contributed by atoms with Crippen molar-refractivity contribution in [3.63, 3.8) is 0 Å². The first-order valence-corrected chi connectivity index (χ1v) is 10.6. The molecule has 1 aliphatic carbocycles. The summed E-state index contributed by atoms with van der Waals surface area (Å²) in [6.45, 7) is 1.26. The number of hydrogen-bond acceptors (Lipinski definition) is 4. The van der Waals surface area contributed by atoms with Crippen LogP contribution in [0, 0.1) is 0 Å². The van der Waals surface area contributed by atoms with E-state index in [9.17, 15) is 13.2 Å². The Labute approximate surface area is 156 Å². The number of nitrogens with one attached hydrogen (secondary N) is 2. The van der Waals surface area contributed by atoms with E-state index in [2.05, 4.69) is 10.0 Å². The molecule has 1 aromatic rings. The van der Waals surface area contributed by atoms with Gasteiger partial charge in [0.25, 0.3) is 0 Å². The lowest BCUT2D eigenvalue weighted by molar-refractivity contribution is -0.116. The number of rotatable bonds is 9. The maximum absolute atomic E-state index is 11.8. The van der Waals surface area contributed by atoms with Gasteiger partial charge in [-0.1, -0.05) is 31.4 Å². The average Bonchev–Trinajstić information content (AvgIpc) is 2.67. The highest BCUT2D eigenvalue weighted by Crippen LogP contribution is 2.20. The first-order chi connectivity index (χ1) is 12.5. The number of amides is 1. The molecule has 144 valence electrons. The van der Waals surface area contributed by atoms with E-state index < -0.39 is 10.0 Å². The lowest BCUT2D eigenvalue weighted by Crippen LogP contribution is -2.24. The predicted octanol–water partition coefficient (Wildman–Crippen LogP) is 2.46. The molecule has 0 heterocycles. The zero-order chi connectivity index (χ0) is 18.8. The van der Waals surface area contributed by atoms with E-state index in [0.717, 1.165) is 24.8 Å². The summed E-state index contributed by atoms with van der Waals surface area (Å²) < 4.78 is 31.4. The van der Waals surface area contributed by atoms with Crippen LogP contribution in [0.25, 0.3) is 6.08 Å². The molecule has 7 heteroatoms. The van der Waals surface area contributed by atoms with Gasteiger partial charge in [-0.3, -0.25) is 4.79 Å². The van der Waals surface area contributed by atoms with Crippen LogP contribution in [0.4, 0.5) is 0 Å². The van der Waals surface area contributed by atoms with E-state index in [1.54, 1.807) is 18.2 Å². The third kappa shape index (κ3) is 6.90. The van der Waals surface area contributed by atoms with E-state index in [4.69, 9.17) is 4.74 Å². The van der Waals surface area contributed by atoms with Gasteiger partial charge in [0.05, 0.1) is 11.0 Å². The smallest absolute Gasteiger partial charge is 0.244 e. The van der Waals surface area contributed by atoms with Gasteiger partial charge >= 0.3 is 0 Å². The molecule has 6 nitrogen and oxygen atoms in total. The van der Waals surface area contributed by atoms with E-state index >= 15 is 0 Å². The number of benzene rings is 1. The van der Waals surface area contributed by atoms with Crippen molar-refractivity contribution in [2.75, 3.05) is 20.2 Å². The van der Waals surface area contributed by atoms with Crippen molar-refractivity contribution in [1.82, 2.24) is 10.0 Å². The molecule has 1 saturated carbocycles. The molecule has 0 unspecified atom stereocenters. The molecule has 0 aliphatic heterocycles. The van der Waals surface area contributed by atoms with Crippen LogP contribution < -0.4 is 10.0 Å². The normalized spacial score (nSPS) is 16.0. The molecular formula is C19H28N2O4S. The maximum Gasteiger partial charge on any atom is 0.244 e. The standard InChI is InChI=1S/C19H28N2O4S/c1-20-26(23,24)18-11-8-16(9-12-18)10-13-19(22)21-14-5-15-25-17-6-3-2-4-7-17/h8-13,17,20H,2-7,14-15H2,1H3,(H,21,22)/b13-10+. The quantitative estimate of drug-likeness (QED) is 0.509. The summed E-state index contributed by atoms with van der Waals surface area (Å²) in [5.41, 5.74) is 0.760. The molecule has 0 bridgehead atoms. The molecule has 1 fully saturated rings. The molecule has 2 N–H and O–H groups in total. The minimum absolute atomic E-state index is 0.172. The number of carbonyl (C=O) groups excluding carboxylic acids is 1. The van der Waals surface area contributed by atoms with Gasteiger partial charge in [0.1, 0.15) is 0 Å². The minimum atomic E-state index is -3.44. The van der Waals surface area contributed by atoms with Gasteiger partial charge in [-0.05, 0) is 50.1 Å². The molecule has 0 radical (unpaired) electrons. The van der Waals surface area contributed by atoms with Crippen LogP contribution in [0.1, 0.15) is 44.1 Å². The Balaban J connectivity index is 1.67. The van der Waals surface area contributed by atoms with E-state index in [1.807, 2.05) is 0 Å². The monoisotopic (exact) mass is 380 g/mol. The Morgan fingerprint density at radius 2 is 1.88 bits per heavy atom. The number of sulfonamides is 1. The van der Waals surface area contributed by atoms with Crippen molar-refractivity contribution < 1.29 is 17.9 Å². The lowest BCUT2D eigenvalue weighted by atomic mass is 9.98. The minimum Gasteiger partial charge on any atom is -0.378 e. The zero-order valence-corrected chi connectivity index (χ0v) is 16.1. The molecule has 0 saturated heterocycles. The Morgan fingerprint density at radius 1 is 1.19 bits per heavy atom. The van der Waals surface area contributed by atoms with Gasteiger partial charge in [-0.15, -0.1) is 0 Å². The molecule has 0 atom stereocenters. The second kappa shape index (κ2) is 10.4. The van der Waals surface area contributed by atoms with Crippen LogP contribution >= 0.6 is 0 Å². The van der Waals surface area contributed by atoms with Crippen molar-refractivity contribution in [1.29, 1.82) is 0 Å². The van der Waals surface area contributed by atoms with Crippen molar-refractivity contribution in [3.8, 4) is 0 Å². The van der Waals surface area contributed by atoms with Crippen LogP contribution in [0.15, 0.2) is 35.2 Å². The van der Waals surface area contributed by atoms with Crippen LogP contribution in [0.2, 0.25) is 0 Å². The fourth-order valence-corrected chi connectivity index (χ4v) is 3.60. The third-order valence-corrected chi connectivity index (χ3v) is 5.84. The molecule has 0 aromatic heterocycles. The summed E-state index contributed by atoms with van der Waals surface area (Å²) in [5.74, 6) is -0.172. The fourth-order valence-electron chi connectivity index (χ4n) is 2.87. The molecule has 0 spiro atoms. The summed E-state index contributed by atoms with van der Waals surface area (Å²) in [6, 6.07) is 6.33. The van der Waals surface area contributed by atoms with E-state index in [0.29, 0.717) is 19.3 Å². The Kier molecular flexibility index (Phi) is 8.28. The Hall–Kier alpha value is -1.70. The van der Waals surface area contributed by atoms with E-state index in [-0.39, 0.29) is 10.8 Å². The van der Waals surface area contributed by atoms with Gasteiger partial charge in [0, 0.05) is 19.2 Å². The van der Waals surface area contributed by atoms with Gasteiger partial charge in [0.15, 0.2) is 0 Å². The highest BCUT2D eigenvalue weighted by atomic mass is 32.2. The Morgan fingerprint density at radius 3 is 2.54 bits per heavy atom. The van der Waals surface area contributed by atoms with Crippen LogP contribution in [-0.2, 0) is 19.6 Å². The molecule has 1 aromatic carbocycles. The number of ether oxygens (including phenoxy) is 1. The summed E-state index contributed by atoms with van der Waals surface area (Å²) in [4.78, 5) is 12.0. The van der Waals surface area contributed by atoms with Crippen molar-refractivity contribution in [2.45, 2.75) is 49.5 Å². The van der Waals surface area contributed by atoms with Crippen molar-refractivity contribution in [2.24, 2.45) is 0 Å². The topological polar surface area (TPSA) is 84.5 Å². The first-order valence-electron chi connectivity index (χ1n) is 9.12. The number of hydrogen-bond donors (Lipinski definition) is 2. The average molecular weight is 381 g/mol. The molecule has 1 aliphatic rings. The van der Waals surface area contributed by atoms with Gasteiger partial charge in [0.2, 0.25) is 15.9 Å². The summed E-state index contributed by atoms with van der Waals surface area (Å²) in [5, 5.41) is 2.82. The predicted molar refractivity (Wildman–Crippen MR) is 102 cm³/mol. The van der Waals surface area contributed by atoms with Crippen LogP contribution in [0.5, 0.6) is 0 Å². The number of carbonyl (C=O) groups is 1.